The minimum absolute atomic E-state index is 0.0463. The Morgan fingerprint density at radius 1 is 0.982 bits per heavy atom. The summed E-state index contributed by atoms with van der Waals surface area (Å²) in [4.78, 5) is 25.4. The van der Waals surface area contributed by atoms with Crippen molar-refractivity contribution in [2.75, 3.05) is 22.2 Å². The predicted octanol–water partition coefficient (Wildman–Crippen LogP) is 6.98. The lowest BCUT2D eigenvalue weighted by Gasteiger charge is -2.22. The first-order valence-electron chi connectivity index (χ1n) is 15.7. The Bertz CT molecular complexity index is 2600. The van der Waals surface area contributed by atoms with E-state index in [2.05, 4.69) is 57.0 Å². The van der Waals surface area contributed by atoms with Crippen LogP contribution in [0.15, 0.2) is 127 Å². The molecule has 0 aliphatic heterocycles. The monoisotopic (exact) mass is 857 g/mol. The number of carbonyl (C=O) groups is 1. The van der Waals surface area contributed by atoms with Crippen molar-refractivity contribution in [1.82, 2.24) is 15.0 Å². The molecule has 296 valence electrons. The number of halogens is 1. The molecule has 0 aliphatic carbocycles. The summed E-state index contributed by atoms with van der Waals surface area (Å²) in [5, 5.41) is 48.5. The van der Waals surface area contributed by atoms with Crippen LogP contribution in [0.25, 0.3) is 0 Å². The number of azo groups is 1. The fourth-order valence-electron chi connectivity index (χ4n) is 4.77. The number of amidine groups is 1. The summed E-state index contributed by atoms with van der Waals surface area (Å²) in [7, 11) is -8.73. The highest BCUT2D eigenvalue weighted by molar-refractivity contribution is 7.94. The van der Waals surface area contributed by atoms with Gasteiger partial charge in [0.15, 0.2) is 15.6 Å². The first-order valence-corrected chi connectivity index (χ1v) is 19.8. The highest BCUT2D eigenvalue weighted by Gasteiger charge is 2.21. The van der Waals surface area contributed by atoms with Gasteiger partial charge in [0.05, 0.1) is 38.8 Å². The van der Waals surface area contributed by atoms with Gasteiger partial charge in [0.2, 0.25) is 23.0 Å². The molecule has 57 heavy (non-hydrogen) atoms. The third-order valence-electron chi connectivity index (χ3n) is 7.39. The van der Waals surface area contributed by atoms with E-state index in [1.54, 1.807) is 43.3 Å². The summed E-state index contributed by atoms with van der Waals surface area (Å²) >= 11 is 6.80. The third kappa shape index (κ3) is 10.6. The van der Waals surface area contributed by atoms with Gasteiger partial charge in [-0.05, 0) is 67.1 Å². The number of carboxylic acid groups (broad SMARTS) is 1. The second-order valence-corrected chi connectivity index (χ2v) is 15.4. The Hall–Kier alpha value is -6.05. The number of nitrogens with one attached hydrogen (secondary N) is 2. The number of hydrazone groups is 1. The number of carboxylic acids is 1. The van der Waals surface area contributed by atoms with Crippen molar-refractivity contribution < 1.29 is 51.0 Å². The van der Waals surface area contributed by atoms with Gasteiger partial charge in [-0.2, -0.15) is 28.5 Å². The molecule has 0 fully saturated rings. The quantitative estimate of drug-likeness (QED) is 0.00852. The molecule has 0 bridgehead atoms. The average Bonchev–Trinajstić information content (AvgIpc) is 3.18. The van der Waals surface area contributed by atoms with Crippen LogP contribution in [0.4, 0.5) is 34.6 Å². The normalized spacial score (nSPS) is 12.0. The molecule has 0 saturated heterocycles. The highest BCUT2D eigenvalue weighted by atomic mass is 35.5. The Balaban J connectivity index is 1.55. The van der Waals surface area contributed by atoms with E-state index in [0.717, 1.165) is 17.5 Å². The fourth-order valence-corrected chi connectivity index (χ4v) is 6.60. The molecule has 1 heterocycles. The number of hydrogen-bond acceptors (Lipinski definition) is 18. The molecular weight excluding hydrogens is 830 g/mol. The first-order chi connectivity index (χ1) is 27.1. The summed E-state index contributed by atoms with van der Waals surface area (Å²) in [6, 6.07) is 19.6. The van der Waals surface area contributed by atoms with E-state index in [-0.39, 0.29) is 51.4 Å². The Morgan fingerprint density at radius 3 is 2.40 bits per heavy atom. The number of aromatic nitrogens is 3. The van der Waals surface area contributed by atoms with E-state index in [0.29, 0.717) is 28.2 Å². The van der Waals surface area contributed by atoms with Crippen LogP contribution in [0.1, 0.15) is 22.8 Å². The fraction of sp³-hybridized carbons (Fsp3) is 0.0606. The summed E-state index contributed by atoms with van der Waals surface area (Å²) in [5.41, 5.74) is 2.12. The summed E-state index contributed by atoms with van der Waals surface area (Å²) in [5.74, 6) is -2.60. The molecule has 20 nitrogen and oxygen atoms in total. The average molecular weight is 858 g/mol. The Labute approximate surface area is 333 Å². The summed E-state index contributed by atoms with van der Waals surface area (Å²) < 4.78 is 64.0. The second-order valence-electron chi connectivity index (χ2n) is 11.0. The second kappa shape index (κ2) is 18.3. The van der Waals surface area contributed by atoms with Crippen molar-refractivity contribution in [3.05, 3.63) is 113 Å². The molecule has 24 heteroatoms. The number of anilines is 5. The third-order valence-corrected chi connectivity index (χ3v) is 10.3. The molecule has 0 saturated carbocycles. The zero-order valence-corrected chi connectivity index (χ0v) is 32.2. The minimum atomic E-state index is -4.94. The van der Waals surface area contributed by atoms with E-state index < -0.39 is 42.3 Å². The maximum atomic E-state index is 12.4. The molecular formula is C33H28ClN9O11S3. The molecule has 0 radical (unpaired) electrons. The lowest BCUT2D eigenvalue weighted by Crippen LogP contribution is -2.20. The SMILES string of the molecule is C=CS(=O)(=O)c1cccc(N(CC)c2nc(Cl)nc(Nc3cc(S(=O)(=O)O)cc(N=NC(=NNc4cc(SOOO)ccc4C(=O)O)c4ccccc4)c3O)n2)c1. The Kier molecular flexibility index (Phi) is 13.5. The number of aromatic hydroxyl groups is 1. The first kappa shape index (κ1) is 42.1. The molecule has 0 spiro atoms. The summed E-state index contributed by atoms with van der Waals surface area (Å²) in [6.45, 7) is 5.28. The van der Waals surface area contributed by atoms with Gasteiger partial charge in [0.1, 0.15) is 5.69 Å². The van der Waals surface area contributed by atoms with E-state index in [1.165, 1.54) is 41.3 Å². The van der Waals surface area contributed by atoms with Gasteiger partial charge in [-0.3, -0.25) is 9.98 Å². The molecule has 0 unspecified atom stereocenters. The van der Waals surface area contributed by atoms with Crippen molar-refractivity contribution >= 4 is 90.1 Å². The van der Waals surface area contributed by atoms with Crippen LogP contribution in [-0.2, 0) is 29.3 Å². The Morgan fingerprint density at radius 2 is 1.74 bits per heavy atom. The van der Waals surface area contributed by atoms with Gasteiger partial charge in [-0.15, -0.1) is 14.6 Å². The number of aromatic carboxylic acids is 1. The largest absolute Gasteiger partial charge is 0.504 e. The van der Waals surface area contributed by atoms with Crippen LogP contribution in [0.3, 0.4) is 0 Å². The van der Waals surface area contributed by atoms with Crippen LogP contribution in [0.2, 0.25) is 5.28 Å². The van der Waals surface area contributed by atoms with Crippen molar-refractivity contribution in [2.45, 2.75) is 21.6 Å². The van der Waals surface area contributed by atoms with Crippen LogP contribution >= 0.6 is 23.6 Å². The molecule has 5 rings (SSSR count). The van der Waals surface area contributed by atoms with Crippen LogP contribution in [-0.4, -0.2) is 70.2 Å². The van der Waals surface area contributed by atoms with Crippen LogP contribution in [0.5, 0.6) is 5.75 Å². The molecule has 5 aromatic rings. The highest BCUT2D eigenvalue weighted by Crippen LogP contribution is 2.39. The lowest BCUT2D eigenvalue weighted by atomic mass is 10.2. The molecule has 4 aromatic carbocycles. The number of phenols is 1. The number of phenolic OH excluding ortho intramolecular Hbond substituents is 1. The molecule has 6 N–H and O–H groups in total. The molecule has 0 aliphatic rings. The van der Waals surface area contributed by atoms with Gasteiger partial charge < -0.3 is 20.4 Å². The number of benzene rings is 4. The van der Waals surface area contributed by atoms with Gasteiger partial charge in [0, 0.05) is 28.1 Å². The zero-order valence-electron chi connectivity index (χ0n) is 29.0. The molecule has 0 amide bonds. The number of rotatable bonds is 16. The minimum Gasteiger partial charge on any atom is -0.504 e. The molecule has 0 atom stereocenters. The van der Waals surface area contributed by atoms with Gasteiger partial charge in [0.25, 0.3) is 10.1 Å². The van der Waals surface area contributed by atoms with E-state index in [9.17, 15) is 36.4 Å². The maximum Gasteiger partial charge on any atom is 0.337 e. The predicted molar refractivity (Wildman–Crippen MR) is 208 cm³/mol. The lowest BCUT2D eigenvalue weighted by molar-refractivity contribution is -0.432. The van der Waals surface area contributed by atoms with Gasteiger partial charge in [-0.25, -0.2) is 18.5 Å². The van der Waals surface area contributed by atoms with Gasteiger partial charge in [-0.1, -0.05) is 48.0 Å². The molecule has 1 aromatic heterocycles. The van der Waals surface area contributed by atoms with Gasteiger partial charge >= 0.3 is 5.97 Å². The number of sulfone groups is 1. The van der Waals surface area contributed by atoms with Crippen molar-refractivity contribution in [3.63, 3.8) is 0 Å². The van der Waals surface area contributed by atoms with Crippen molar-refractivity contribution in [2.24, 2.45) is 15.3 Å². The number of nitrogens with zero attached hydrogens (tertiary/aromatic N) is 7. The van der Waals surface area contributed by atoms with E-state index in [1.807, 2.05) is 0 Å². The van der Waals surface area contributed by atoms with E-state index >= 15 is 0 Å². The zero-order chi connectivity index (χ0) is 41.3. The van der Waals surface area contributed by atoms with Crippen molar-refractivity contribution in [3.8, 4) is 5.75 Å². The summed E-state index contributed by atoms with van der Waals surface area (Å²) in [6.07, 6.45) is 0. The van der Waals surface area contributed by atoms with Crippen molar-refractivity contribution in [1.29, 1.82) is 0 Å². The van der Waals surface area contributed by atoms with Crippen LogP contribution < -0.4 is 15.6 Å². The standard InChI is InChI=1S/C33H28ClN9O11S3/c1-3-43(20-11-8-12-22(15-20)56(48,49)4-2)33-37-31(34)36-32(38-33)35-26-17-23(57(50,51)52)18-27(28(26)44)40-42-29(19-9-6-5-7-10-19)41-39-25-16-21(55-54-53-47)13-14-24(25)30(45)46/h4-18,39,44,47H,2-3H2,1H3,(H,45,46)(H,50,51,52)(H,35,36,37,38). The smallest absolute Gasteiger partial charge is 0.337 e. The van der Waals surface area contributed by atoms with Crippen LogP contribution in [0, 0.1) is 0 Å². The van der Waals surface area contributed by atoms with E-state index in [4.69, 9.17) is 16.9 Å². The number of hydrogen-bond donors (Lipinski definition) is 6. The maximum absolute atomic E-state index is 12.4. The topological polar surface area (TPSA) is 288 Å².